The zero-order chi connectivity index (χ0) is 25.6. The third-order valence-electron chi connectivity index (χ3n) is 4.04. The molecule has 1 aromatic heterocycles. The summed E-state index contributed by atoms with van der Waals surface area (Å²) in [7, 11) is 1.97. The van der Waals surface area contributed by atoms with E-state index in [0.717, 1.165) is 17.4 Å². The minimum absolute atomic E-state index is 0.199. The van der Waals surface area contributed by atoms with E-state index >= 15 is 0 Å². The highest BCUT2D eigenvalue weighted by Gasteiger charge is 1.97. The summed E-state index contributed by atoms with van der Waals surface area (Å²) < 4.78 is 13.0. The molecule has 0 fully saturated rings. The van der Waals surface area contributed by atoms with Crippen LogP contribution in [0.15, 0.2) is 85.3 Å². The van der Waals surface area contributed by atoms with Crippen molar-refractivity contribution in [3.05, 3.63) is 108 Å². The first-order valence-electron chi connectivity index (χ1n) is 11.6. The molecule has 1 heterocycles. The number of aliphatic hydroxyl groups is 1. The fraction of sp³-hybridized carbons (Fsp3) is 0.276. The van der Waals surface area contributed by atoms with E-state index < -0.39 is 5.82 Å². The second-order valence-electron chi connectivity index (χ2n) is 6.47. The lowest BCUT2D eigenvalue weighted by Gasteiger charge is -2.17. The summed E-state index contributed by atoms with van der Waals surface area (Å²) in [6.45, 7) is 10.9. The molecule has 0 saturated carbocycles. The van der Waals surface area contributed by atoms with Gasteiger partial charge in [-0.2, -0.15) is 0 Å². The van der Waals surface area contributed by atoms with Crippen LogP contribution in [0.2, 0.25) is 0 Å². The van der Waals surface area contributed by atoms with Crippen molar-refractivity contribution in [1.82, 2.24) is 9.97 Å². The lowest BCUT2D eigenvalue weighted by atomic mass is 10.2. The van der Waals surface area contributed by atoms with Crippen molar-refractivity contribution in [2.45, 2.75) is 34.6 Å². The number of aryl methyl sites for hydroxylation is 1. The Kier molecular flexibility index (Phi) is 17.9. The lowest BCUT2D eigenvalue weighted by Crippen LogP contribution is -2.20. The molecule has 0 radical (unpaired) electrons. The van der Waals surface area contributed by atoms with Gasteiger partial charge < -0.3 is 15.0 Å². The number of nitrogens with one attached hydrogen (secondary N) is 1. The summed E-state index contributed by atoms with van der Waals surface area (Å²) in [6, 6.07) is 22.5. The summed E-state index contributed by atoms with van der Waals surface area (Å²) in [6.07, 6.45) is 2.53. The number of hydrogen-bond donors (Lipinski definition) is 2. The van der Waals surface area contributed by atoms with Crippen LogP contribution in [0, 0.1) is 24.6 Å². The molecule has 0 bridgehead atoms. The highest BCUT2D eigenvalue weighted by molar-refractivity contribution is 5.46. The van der Waals surface area contributed by atoms with Gasteiger partial charge in [0.2, 0.25) is 0 Å². The van der Waals surface area contributed by atoms with E-state index in [4.69, 9.17) is 5.11 Å². The van der Waals surface area contributed by atoms with Crippen molar-refractivity contribution in [1.29, 1.82) is 0 Å². The molecule has 3 rings (SSSR count). The van der Waals surface area contributed by atoms with Crippen LogP contribution in [0.25, 0.3) is 0 Å². The fourth-order valence-corrected chi connectivity index (χ4v) is 2.36. The summed E-state index contributed by atoms with van der Waals surface area (Å²) >= 11 is 0. The molecule has 182 valence electrons. The van der Waals surface area contributed by atoms with Crippen LogP contribution in [-0.2, 0) is 0 Å². The second kappa shape index (κ2) is 20.0. The van der Waals surface area contributed by atoms with Crippen LogP contribution < -0.4 is 4.90 Å². The minimum Gasteiger partial charge on any atom is -0.395 e. The van der Waals surface area contributed by atoms with Crippen molar-refractivity contribution in [2.75, 3.05) is 25.1 Å². The van der Waals surface area contributed by atoms with Gasteiger partial charge in [0.15, 0.2) is 0 Å². The number of rotatable bonds is 3. The number of aromatic nitrogens is 2. The molecule has 3 aromatic rings. The Labute approximate surface area is 204 Å². The number of anilines is 1. The normalized spacial score (nSPS) is 8.59. The van der Waals surface area contributed by atoms with Crippen LogP contribution in [0.4, 0.5) is 10.1 Å². The van der Waals surface area contributed by atoms with Gasteiger partial charge in [-0.05, 0) is 49.2 Å². The maximum absolute atomic E-state index is 13.0. The van der Waals surface area contributed by atoms with E-state index in [1.807, 2.05) is 70.0 Å². The number of aliphatic hydroxyl groups excluding tert-OH is 1. The molecule has 0 unspecified atom stereocenters. The molecule has 0 atom stereocenters. The maximum Gasteiger partial charge on any atom is 0.141 e. The standard InChI is InChI=1S/C15H11FN2.C10H15NO.2C2H6/c16-14-7-4-8-15(18-12-17-11-14)10-9-13-5-2-1-3-6-13;1-9-3-5-10(6-4-9)11(2)7-8-12;2*1-2/h1-8,11-12H,(H,17,18);3-6,12H,7-8H2,1-2H3;2*1-2H3. The van der Waals surface area contributed by atoms with E-state index in [-0.39, 0.29) is 6.61 Å². The zero-order valence-electron chi connectivity index (χ0n) is 21.2. The van der Waals surface area contributed by atoms with E-state index in [1.165, 1.54) is 18.0 Å². The number of benzene rings is 2. The zero-order valence-corrected chi connectivity index (χ0v) is 21.2. The highest BCUT2D eigenvalue weighted by Crippen LogP contribution is 2.12. The fourth-order valence-electron chi connectivity index (χ4n) is 2.36. The first-order valence-corrected chi connectivity index (χ1v) is 11.6. The van der Waals surface area contributed by atoms with Gasteiger partial charge >= 0.3 is 0 Å². The predicted molar refractivity (Wildman–Crippen MR) is 143 cm³/mol. The number of H-pyrrole nitrogens is 1. The van der Waals surface area contributed by atoms with Crippen LogP contribution in [0.5, 0.6) is 0 Å². The average molecular weight is 464 g/mol. The summed E-state index contributed by atoms with van der Waals surface area (Å²) in [4.78, 5) is 8.66. The van der Waals surface area contributed by atoms with Gasteiger partial charge in [0.1, 0.15) is 5.82 Å². The third kappa shape index (κ3) is 13.7. The van der Waals surface area contributed by atoms with E-state index in [9.17, 15) is 4.39 Å². The molecule has 0 saturated heterocycles. The van der Waals surface area contributed by atoms with E-state index in [0.29, 0.717) is 12.2 Å². The Morgan fingerprint density at radius 1 is 0.882 bits per heavy atom. The molecule has 0 aliphatic carbocycles. The largest absolute Gasteiger partial charge is 0.395 e. The van der Waals surface area contributed by atoms with Gasteiger partial charge in [0.05, 0.1) is 24.8 Å². The van der Waals surface area contributed by atoms with Gasteiger partial charge in [-0.25, -0.2) is 9.37 Å². The molecule has 0 amide bonds. The van der Waals surface area contributed by atoms with Gasteiger partial charge in [-0.15, -0.1) is 0 Å². The van der Waals surface area contributed by atoms with Crippen molar-refractivity contribution in [2.24, 2.45) is 0 Å². The highest BCUT2D eigenvalue weighted by atomic mass is 19.1. The molecule has 0 aliphatic rings. The molecular formula is C29H38FN3O. The summed E-state index contributed by atoms with van der Waals surface area (Å²) in [5.41, 5.74) is 3.98. The molecule has 2 N–H and O–H groups in total. The second-order valence-corrected chi connectivity index (χ2v) is 6.47. The van der Waals surface area contributed by atoms with Crippen LogP contribution in [0.1, 0.15) is 44.5 Å². The predicted octanol–water partition coefficient (Wildman–Crippen LogP) is 6.55. The summed E-state index contributed by atoms with van der Waals surface area (Å²) in [5.74, 6) is 5.57. The SMILES string of the molecule is CC.CC.Cc1ccc(N(C)CCO)cc1.Fc1cccc(C#Cc2ccccc2)[nH]cnc1. The Balaban J connectivity index is 0.000000592. The monoisotopic (exact) mass is 463 g/mol. The molecule has 4 nitrogen and oxygen atoms in total. The van der Waals surface area contributed by atoms with Crippen molar-refractivity contribution in [3.63, 3.8) is 0 Å². The first kappa shape index (κ1) is 30.4. The first-order chi connectivity index (χ1) is 16.6. The third-order valence-corrected chi connectivity index (χ3v) is 4.04. The molecule has 0 spiro atoms. The Hall–Kier alpha value is -3.62. The van der Waals surface area contributed by atoms with E-state index in [1.54, 1.807) is 12.1 Å². The van der Waals surface area contributed by atoms with Crippen molar-refractivity contribution >= 4 is 5.69 Å². The van der Waals surface area contributed by atoms with Crippen molar-refractivity contribution < 1.29 is 9.50 Å². The molecule has 34 heavy (non-hydrogen) atoms. The molecule has 2 aromatic carbocycles. The Morgan fingerprint density at radius 2 is 1.53 bits per heavy atom. The quantitative estimate of drug-likeness (QED) is 0.433. The number of likely N-dealkylation sites (N-methyl/N-ethyl adjacent to an activating group) is 1. The van der Waals surface area contributed by atoms with Crippen LogP contribution >= 0.6 is 0 Å². The summed E-state index contributed by atoms with van der Waals surface area (Å²) in [5, 5.41) is 8.71. The van der Waals surface area contributed by atoms with Gasteiger partial charge in [-0.3, -0.25) is 0 Å². The van der Waals surface area contributed by atoms with E-state index in [2.05, 4.69) is 53.0 Å². The molecular weight excluding hydrogens is 425 g/mol. The average Bonchev–Trinajstić information content (AvgIpc) is 2.98. The van der Waals surface area contributed by atoms with Crippen LogP contribution in [-0.4, -0.2) is 35.3 Å². The lowest BCUT2D eigenvalue weighted by molar-refractivity contribution is 0.304. The smallest absolute Gasteiger partial charge is 0.141 e. The molecule has 0 aliphatic heterocycles. The topological polar surface area (TPSA) is 52.1 Å². The van der Waals surface area contributed by atoms with Gasteiger partial charge in [0, 0.05) is 24.8 Å². The Morgan fingerprint density at radius 3 is 2.15 bits per heavy atom. The number of hydrogen-bond acceptors (Lipinski definition) is 3. The molecule has 5 heteroatoms. The van der Waals surface area contributed by atoms with Gasteiger partial charge in [-0.1, -0.05) is 75.6 Å². The van der Waals surface area contributed by atoms with Crippen LogP contribution in [0.3, 0.4) is 0 Å². The number of nitrogens with zero attached hydrogens (tertiary/aromatic N) is 2. The maximum atomic E-state index is 13.0. The number of halogens is 1. The minimum atomic E-state index is -0.401. The Bertz CT molecular complexity index is 1000. The van der Waals surface area contributed by atoms with Gasteiger partial charge in [0.25, 0.3) is 0 Å². The number of aromatic amines is 1. The van der Waals surface area contributed by atoms with Crippen molar-refractivity contribution in [3.8, 4) is 11.8 Å².